The van der Waals surface area contributed by atoms with Crippen LogP contribution in [0.1, 0.15) is 32.7 Å². The van der Waals surface area contributed by atoms with E-state index in [4.69, 9.17) is 11.1 Å². The molecule has 3 aromatic heterocycles. The number of carbonyl (C=O) groups excluding carboxylic acids is 1. The molecular formula is C32H30Br2N10O. The van der Waals surface area contributed by atoms with Crippen LogP contribution < -0.4 is 5.73 Å². The number of aromatic nitrogens is 6. The molecule has 0 unspecified atom stereocenters. The van der Waals surface area contributed by atoms with Gasteiger partial charge in [-0.05, 0) is 73.0 Å². The van der Waals surface area contributed by atoms with Gasteiger partial charge in [0.1, 0.15) is 36.2 Å². The summed E-state index contributed by atoms with van der Waals surface area (Å²) in [4.78, 5) is 26.4. The maximum atomic E-state index is 10.3. The molecule has 13 heteroatoms. The van der Waals surface area contributed by atoms with Crippen LogP contribution in [0.5, 0.6) is 0 Å². The summed E-state index contributed by atoms with van der Waals surface area (Å²) in [5, 5.41) is 18.4. The van der Waals surface area contributed by atoms with Gasteiger partial charge in [-0.3, -0.25) is 19.9 Å². The summed E-state index contributed by atoms with van der Waals surface area (Å²) < 4.78 is 3.66. The largest absolute Gasteiger partial charge is 0.384 e. The zero-order valence-corrected chi connectivity index (χ0v) is 28.2. The Morgan fingerprint density at radius 1 is 0.800 bits per heavy atom. The summed E-state index contributed by atoms with van der Waals surface area (Å²) in [7, 11) is 3.55. The Hall–Kier alpha value is -4.88. The van der Waals surface area contributed by atoms with Gasteiger partial charge in [-0.15, -0.1) is 0 Å². The number of benzene rings is 2. The third kappa shape index (κ3) is 8.61. The van der Waals surface area contributed by atoms with Gasteiger partial charge in [0.25, 0.3) is 0 Å². The van der Waals surface area contributed by atoms with Gasteiger partial charge in [-0.1, -0.05) is 44.0 Å². The molecule has 0 amide bonds. The van der Waals surface area contributed by atoms with Gasteiger partial charge in [0.05, 0.1) is 11.4 Å². The molecule has 0 radical (unpaired) electrons. The van der Waals surface area contributed by atoms with Gasteiger partial charge in [0, 0.05) is 52.6 Å². The van der Waals surface area contributed by atoms with Gasteiger partial charge in [0.2, 0.25) is 0 Å². The lowest BCUT2D eigenvalue weighted by Crippen LogP contribution is -2.16. The van der Waals surface area contributed by atoms with Crippen molar-refractivity contribution < 1.29 is 4.79 Å². The lowest BCUT2D eigenvalue weighted by atomic mass is 10.0. The standard InChI is InChI=1S/C16H14BrN5.C8H7BrO.C8H9N5/c1-10-7-12(17)4-3-11(10)8-13-15(21-22(2)16(13)18)14-5-6-19-9-20-14;1-6-4-8(9)3-2-7(6)5-10;1-13-8(9)4-7(12-13)6-2-3-10-5-11-6/h3-9,18H,1-2H3;2-5H,1H3;2-5H,9H2,1H3. The van der Waals surface area contributed by atoms with E-state index in [1.54, 1.807) is 60.4 Å². The molecule has 228 valence electrons. The van der Waals surface area contributed by atoms with Gasteiger partial charge in [-0.25, -0.2) is 19.9 Å². The Morgan fingerprint density at radius 2 is 1.38 bits per heavy atom. The smallest absolute Gasteiger partial charge is 0.150 e. The van der Waals surface area contributed by atoms with E-state index in [-0.39, 0.29) is 0 Å². The zero-order valence-electron chi connectivity index (χ0n) is 25.0. The molecular weight excluding hydrogens is 700 g/mol. The summed E-state index contributed by atoms with van der Waals surface area (Å²) >= 11 is 6.78. The molecule has 0 spiro atoms. The van der Waals surface area contributed by atoms with Crippen LogP contribution in [0.4, 0.5) is 5.82 Å². The van der Waals surface area contributed by atoms with Gasteiger partial charge < -0.3 is 5.73 Å². The van der Waals surface area contributed by atoms with Crippen LogP contribution >= 0.6 is 31.9 Å². The highest BCUT2D eigenvalue weighted by atomic mass is 79.9. The number of amidine groups is 1. The number of nitrogens with zero attached hydrogens (tertiary/aromatic N) is 8. The van der Waals surface area contributed by atoms with Crippen LogP contribution in [0.25, 0.3) is 17.5 Å². The fourth-order valence-corrected chi connectivity index (χ4v) is 5.03. The maximum Gasteiger partial charge on any atom is 0.150 e. The molecule has 0 aliphatic carbocycles. The number of aldehydes is 1. The third-order valence-electron chi connectivity index (χ3n) is 6.56. The third-order valence-corrected chi connectivity index (χ3v) is 7.55. The van der Waals surface area contributed by atoms with E-state index in [1.807, 2.05) is 44.2 Å². The SMILES string of the molecule is Cc1cc(Br)ccc1C=C1C(=N)N(C)N=C1c1ccncn1.Cc1cc(Br)ccc1C=O.Cn1nc(-c2ccncn2)cc1N. The lowest BCUT2D eigenvalue weighted by Gasteiger charge is -2.07. The average molecular weight is 730 g/mol. The summed E-state index contributed by atoms with van der Waals surface area (Å²) in [6, 6.07) is 17.0. The van der Waals surface area contributed by atoms with Gasteiger partial charge in [-0.2, -0.15) is 10.2 Å². The number of likely N-dealkylation sites (N-methyl/N-ethyl adjacent to an activating group) is 1. The summed E-state index contributed by atoms with van der Waals surface area (Å²) in [5.41, 5.74) is 13.3. The van der Waals surface area contributed by atoms with Crippen molar-refractivity contribution in [3.05, 3.63) is 122 Å². The lowest BCUT2D eigenvalue weighted by molar-refractivity contribution is 0.112. The van der Waals surface area contributed by atoms with Gasteiger partial charge in [0.15, 0.2) is 5.84 Å². The number of nitrogen functional groups attached to an aromatic ring is 1. The van der Waals surface area contributed by atoms with E-state index in [9.17, 15) is 4.79 Å². The fraction of sp³-hybridized carbons (Fsp3) is 0.125. The molecule has 5 aromatic rings. The molecule has 1 aliphatic rings. The molecule has 1 aliphatic heterocycles. The first-order chi connectivity index (χ1) is 21.6. The zero-order chi connectivity index (χ0) is 32.5. The topological polar surface area (TPSA) is 152 Å². The first-order valence-electron chi connectivity index (χ1n) is 13.5. The van der Waals surface area contributed by atoms with Crippen molar-refractivity contribution in [2.24, 2.45) is 12.1 Å². The molecule has 0 fully saturated rings. The summed E-state index contributed by atoms with van der Waals surface area (Å²) in [6.07, 6.45) is 9.17. The van der Waals surface area contributed by atoms with Crippen LogP contribution in [-0.4, -0.2) is 59.6 Å². The van der Waals surface area contributed by atoms with Crippen molar-refractivity contribution >= 4 is 61.6 Å². The molecule has 2 aromatic carbocycles. The van der Waals surface area contributed by atoms with Crippen molar-refractivity contribution in [3.63, 3.8) is 0 Å². The Balaban J connectivity index is 0.000000170. The maximum absolute atomic E-state index is 10.3. The number of rotatable bonds is 4. The highest BCUT2D eigenvalue weighted by molar-refractivity contribution is 9.10. The van der Waals surface area contributed by atoms with Crippen molar-refractivity contribution in [3.8, 4) is 11.4 Å². The van der Waals surface area contributed by atoms with Gasteiger partial charge >= 0.3 is 0 Å². The number of nitrogens with one attached hydrogen (secondary N) is 1. The molecule has 6 rings (SSSR count). The molecule has 0 bridgehead atoms. The Labute approximate surface area is 277 Å². The number of anilines is 1. The predicted molar refractivity (Wildman–Crippen MR) is 184 cm³/mol. The summed E-state index contributed by atoms with van der Waals surface area (Å²) in [5.74, 6) is 0.976. The van der Waals surface area contributed by atoms with Crippen LogP contribution in [0.3, 0.4) is 0 Å². The van der Waals surface area contributed by atoms with Crippen LogP contribution in [0.2, 0.25) is 0 Å². The van der Waals surface area contributed by atoms with Crippen molar-refractivity contribution in [2.45, 2.75) is 13.8 Å². The highest BCUT2D eigenvalue weighted by Gasteiger charge is 2.26. The minimum Gasteiger partial charge on any atom is -0.384 e. The minimum atomic E-state index is 0.357. The first kappa shape index (κ1) is 33.0. The second-order valence-corrected chi connectivity index (χ2v) is 11.6. The van der Waals surface area contributed by atoms with Crippen LogP contribution in [0, 0.1) is 19.3 Å². The Kier molecular flexibility index (Phi) is 11.2. The van der Waals surface area contributed by atoms with E-state index in [0.717, 1.165) is 54.4 Å². The fourth-order valence-electron chi connectivity index (χ4n) is 4.07. The predicted octanol–water partition coefficient (Wildman–Crippen LogP) is 6.29. The monoisotopic (exact) mass is 728 g/mol. The number of hydrogen-bond donors (Lipinski definition) is 2. The number of hydrogen-bond acceptors (Lipinski definition) is 9. The Bertz CT molecular complexity index is 1850. The molecule has 3 N–H and O–H groups in total. The number of aryl methyl sites for hydroxylation is 3. The normalized spacial score (nSPS) is 13.0. The quantitative estimate of drug-likeness (QED) is 0.205. The second kappa shape index (κ2) is 15.2. The van der Waals surface area contributed by atoms with Crippen LogP contribution in [0.15, 0.2) is 99.3 Å². The van der Waals surface area contributed by atoms with E-state index < -0.39 is 0 Å². The van der Waals surface area contributed by atoms with Crippen molar-refractivity contribution in [1.29, 1.82) is 5.41 Å². The van der Waals surface area contributed by atoms with Crippen LogP contribution in [-0.2, 0) is 7.05 Å². The average Bonchev–Trinajstić information content (AvgIpc) is 3.52. The molecule has 0 saturated carbocycles. The number of hydrazone groups is 1. The molecule has 11 nitrogen and oxygen atoms in total. The van der Waals surface area contributed by atoms with Crippen molar-refractivity contribution in [2.75, 3.05) is 12.8 Å². The highest BCUT2D eigenvalue weighted by Crippen LogP contribution is 2.24. The van der Waals surface area contributed by atoms with Crippen molar-refractivity contribution in [1.82, 2.24) is 34.7 Å². The molecule has 0 atom stereocenters. The Morgan fingerprint density at radius 3 is 1.87 bits per heavy atom. The summed E-state index contributed by atoms with van der Waals surface area (Å²) in [6.45, 7) is 3.95. The van der Waals surface area contributed by atoms with E-state index in [2.05, 4.69) is 68.1 Å². The number of carbonyl (C=O) groups is 1. The molecule has 4 heterocycles. The molecule has 45 heavy (non-hydrogen) atoms. The number of halogens is 2. The number of nitrogens with two attached hydrogens (primary N) is 1. The second-order valence-electron chi connectivity index (χ2n) is 9.77. The first-order valence-corrected chi connectivity index (χ1v) is 15.1. The molecule has 0 saturated heterocycles. The van der Waals surface area contributed by atoms with E-state index >= 15 is 0 Å². The van der Waals surface area contributed by atoms with E-state index in [1.165, 1.54) is 12.7 Å². The van der Waals surface area contributed by atoms with E-state index in [0.29, 0.717) is 23.1 Å². The minimum absolute atomic E-state index is 0.357.